The predicted molar refractivity (Wildman–Crippen MR) is 73.6 cm³/mol. The van der Waals surface area contributed by atoms with E-state index in [0.717, 1.165) is 24.3 Å². The molecule has 3 heteroatoms. The van der Waals surface area contributed by atoms with Crippen LogP contribution < -0.4 is 14.2 Å². The Hall–Kier alpha value is -1.38. The van der Waals surface area contributed by atoms with E-state index in [1.807, 2.05) is 32.9 Å². The van der Waals surface area contributed by atoms with E-state index in [1.54, 1.807) is 0 Å². The molecule has 0 aliphatic carbocycles. The molecule has 0 unspecified atom stereocenters. The van der Waals surface area contributed by atoms with Crippen molar-refractivity contribution in [2.24, 2.45) is 0 Å². The largest absolute Gasteiger partial charge is 0.490 e. The molecule has 101 valence electrons. The van der Waals surface area contributed by atoms with Crippen LogP contribution in [-0.4, -0.2) is 19.8 Å². The summed E-state index contributed by atoms with van der Waals surface area (Å²) in [6.45, 7) is 11.6. The van der Waals surface area contributed by atoms with Gasteiger partial charge in [-0.25, -0.2) is 0 Å². The standard InChI is InChI=1S/C15H23O3/c1-5-9-12-10-13(16-6-2)15(18-8-4)14(11-12)17-7-3/h10-11H,1,5-9H2,2-4H3. The maximum absolute atomic E-state index is 5.64. The van der Waals surface area contributed by atoms with Crippen molar-refractivity contribution in [3.05, 3.63) is 24.6 Å². The fourth-order valence-electron chi connectivity index (χ4n) is 1.79. The Morgan fingerprint density at radius 3 is 1.78 bits per heavy atom. The summed E-state index contributed by atoms with van der Waals surface area (Å²) in [6, 6.07) is 4.03. The van der Waals surface area contributed by atoms with Gasteiger partial charge >= 0.3 is 0 Å². The molecule has 3 nitrogen and oxygen atoms in total. The third-order valence-corrected chi connectivity index (χ3v) is 2.43. The molecule has 0 aliphatic rings. The van der Waals surface area contributed by atoms with Crippen LogP contribution in [0.15, 0.2) is 12.1 Å². The molecule has 0 amide bonds. The van der Waals surface area contributed by atoms with Crippen molar-refractivity contribution < 1.29 is 14.2 Å². The molecule has 1 rings (SSSR count). The van der Waals surface area contributed by atoms with Crippen molar-refractivity contribution >= 4 is 0 Å². The lowest BCUT2D eigenvalue weighted by atomic mass is 10.1. The summed E-state index contributed by atoms with van der Waals surface area (Å²) >= 11 is 0. The molecular weight excluding hydrogens is 228 g/mol. The van der Waals surface area contributed by atoms with Crippen LogP contribution in [0.5, 0.6) is 17.2 Å². The number of hydrogen-bond acceptors (Lipinski definition) is 3. The molecule has 0 N–H and O–H groups in total. The van der Waals surface area contributed by atoms with Gasteiger partial charge in [-0.2, -0.15) is 0 Å². The molecule has 1 radical (unpaired) electrons. The SMILES string of the molecule is [CH2]CCc1cc(OCC)c(OCC)c(OCC)c1. The number of aryl methyl sites for hydroxylation is 1. The summed E-state index contributed by atoms with van der Waals surface area (Å²) in [6.07, 6.45) is 1.76. The van der Waals surface area contributed by atoms with Gasteiger partial charge in [0.1, 0.15) is 0 Å². The Bertz CT molecular complexity index is 334. The van der Waals surface area contributed by atoms with Gasteiger partial charge in [0.05, 0.1) is 19.8 Å². The molecule has 0 atom stereocenters. The first-order valence-electron chi connectivity index (χ1n) is 6.61. The first-order chi connectivity index (χ1) is 8.76. The van der Waals surface area contributed by atoms with Crippen molar-refractivity contribution in [1.82, 2.24) is 0 Å². The van der Waals surface area contributed by atoms with Crippen molar-refractivity contribution in [2.75, 3.05) is 19.8 Å². The van der Waals surface area contributed by atoms with Gasteiger partial charge in [0, 0.05) is 0 Å². The molecule has 0 spiro atoms. The summed E-state index contributed by atoms with van der Waals surface area (Å²) in [7, 11) is 0. The van der Waals surface area contributed by atoms with Gasteiger partial charge in [-0.1, -0.05) is 6.92 Å². The molecule has 0 saturated carbocycles. The summed E-state index contributed by atoms with van der Waals surface area (Å²) in [5.41, 5.74) is 1.17. The van der Waals surface area contributed by atoms with Crippen LogP contribution >= 0.6 is 0 Å². The van der Waals surface area contributed by atoms with Crippen LogP contribution in [0.1, 0.15) is 32.8 Å². The highest BCUT2D eigenvalue weighted by atomic mass is 16.5. The number of rotatable bonds is 8. The van der Waals surface area contributed by atoms with Crippen LogP contribution in [0.2, 0.25) is 0 Å². The average Bonchev–Trinajstić information content (AvgIpc) is 2.34. The van der Waals surface area contributed by atoms with E-state index in [4.69, 9.17) is 14.2 Å². The lowest BCUT2D eigenvalue weighted by Gasteiger charge is -2.17. The zero-order valence-electron chi connectivity index (χ0n) is 11.6. The summed E-state index contributed by atoms with van der Waals surface area (Å²) in [5, 5.41) is 0. The maximum atomic E-state index is 5.64. The Balaban J connectivity index is 3.15. The zero-order valence-corrected chi connectivity index (χ0v) is 11.6. The molecular formula is C15H23O3. The second kappa shape index (κ2) is 7.85. The molecule has 0 heterocycles. The van der Waals surface area contributed by atoms with Crippen molar-refractivity contribution in [2.45, 2.75) is 33.6 Å². The monoisotopic (exact) mass is 251 g/mol. The number of hydrogen-bond donors (Lipinski definition) is 0. The average molecular weight is 251 g/mol. The van der Waals surface area contributed by atoms with Crippen LogP contribution in [0, 0.1) is 6.92 Å². The Labute approximate surface area is 110 Å². The summed E-state index contributed by atoms with van der Waals surface area (Å²) in [4.78, 5) is 0. The van der Waals surface area contributed by atoms with Gasteiger partial charge < -0.3 is 14.2 Å². The van der Waals surface area contributed by atoms with Crippen molar-refractivity contribution in [3.63, 3.8) is 0 Å². The quantitative estimate of drug-likeness (QED) is 0.706. The minimum absolute atomic E-state index is 0.592. The molecule has 0 aromatic heterocycles. The Morgan fingerprint density at radius 2 is 1.39 bits per heavy atom. The first-order valence-corrected chi connectivity index (χ1v) is 6.61. The third-order valence-electron chi connectivity index (χ3n) is 2.43. The van der Waals surface area contributed by atoms with E-state index in [0.29, 0.717) is 25.6 Å². The van der Waals surface area contributed by atoms with Gasteiger partial charge in [-0.15, -0.1) is 0 Å². The number of benzene rings is 1. The number of ether oxygens (including phenoxy) is 3. The van der Waals surface area contributed by atoms with Gasteiger partial charge in [-0.05, 0) is 51.3 Å². The highest BCUT2D eigenvalue weighted by Gasteiger charge is 2.14. The lowest BCUT2D eigenvalue weighted by molar-refractivity contribution is 0.260. The van der Waals surface area contributed by atoms with Crippen molar-refractivity contribution in [1.29, 1.82) is 0 Å². The first kappa shape index (κ1) is 14.7. The topological polar surface area (TPSA) is 27.7 Å². The summed E-state index contributed by atoms with van der Waals surface area (Å²) in [5.74, 6) is 2.22. The smallest absolute Gasteiger partial charge is 0.203 e. The van der Waals surface area contributed by atoms with Gasteiger partial charge in [0.25, 0.3) is 0 Å². The third kappa shape index (κ3) is 3.83. The van der Waals surface area contributed by atoms with Crippen LogP contribution in [0.25, 0.3) is 0 Å². The van der Waals surface area contributed by atoms with E-state index in [9.17, 15) is 0 Å². The van der Waals surface area contributed by atoms with E-state index in [1.165, 1.54) is 5.56 Å². The second-order valence-corrected chi connectivity index (χ2v) is 3.82. The van der Waals surface area contributed by atoms with Crippen LogP contribution in [0.4, 0.5) is 0 Å². The fourth-order valence-corrected chi connectivity index (χ4v) is 1.79. The lowest BCUT2D eigenvalue weighted by Crippen LogP contribution is -2.03. The molecule has 1 aromatic carbocycles. The van der Waals surface area contributed by atoms with E-state index in [-0.39, 0.29) is 0 Å². The Morgan fingerprint density at radius 1 is 0.889 bits per heavy atom. The van der Waals surface area contributed by atoms with Gasteiger partial charge in [0.2, 0.25) is 5.75 Å². The molecule has 0 saturated heterocycles. The highest BCUT2D eigenvalue weighted by Crippen LogP contribution is 2.39. The van der Waals surface area contributed by atoms with E-state index < -0.39 is 0 Å². The molecule has 18 heavy (non-hydrogen) atoms. The van der Waals surface area contributed by atoms with Gasteiger partial charge in [-0.3, -0.25) is 0 Å². The fraction of sp³-hybridized carbons (Fsp3) is 0.533. The van der Waals surface area contributed by atoms with E-state index in [2.05, 4.69) is 6.92 Å². The van der Waals surface area contributed by atoms with Crippen molar-refractivity contribution in [3.8, 4) is 17.2 Å². The van der Waals surface area contributed by atoms with E-state index >= 15 is 0 Å². The minimum Gasteiger partial charge on any atom is -0.490 e. The minimum atomic E-state index is 0.592. The van der Waals surface area contributed by atoms with Crippen LogP contribution in [-0.2, 0) is 6.42 Å². The zero-order chi connectivity index (χ0) is 13.4. The normalized spacial score (nSPS) is 10.2. The highest BCUT2D eigenvalue weighted by molar-refractivity contribution is 5.54. The van der Waals surface area contributed by atoms with Crippen LogP contribution in [0.3, 0.4) is 0 Å². The molecule has 0 bridgehead atoms. The second-order valence-electron chi connectivity index (χ2n) is 3.82. The molecule has 0 aliphatic heterocycles. The predicted octanol–water partition coefficient (Wildman–Crippen LogP) is 3.65. The summed E-state index contributed by atoms with van der Waals surface area (Å²) < 4.78 is 16.9. The molecule has 1 aromatic rings. The maximum Gasteiger partial charge on any atom is 0.203 e. The Kier molecular flexibility index (Phi) is 6.40. The molecule has 0 fully saturated rings. The van der Waals surface area contributed by atoms with Gasteiger partial charge in [0.15, 0.2) is 11.5 Å².